The van der Waals surface area contributed by atoms with Crippen molar-refractivity contribution in [2.75, 3.05) is 6.61 Å². The van der Waals surface area contributed by atoms with E-state index in [9.17, 15) is 5.11 Å². The Morgan fingerprint density at radius 1 is 0.765 bits per heavy atom. The predicted molar refractivity (Wildman–Crippen MR) is 159 cm³/mol. The van der Waals surface area contributed by atoms with Gasteiger partial charge >= 0.3 is 0 Å². The van der Waals surface area contributed by atoms with Crippen LogP contribution in [0.1, 0.15) is 87.5 Å². The Labute approximate surface area is 213 Å². The number of aryl methyl sites for hydroxylation is 2. The van der Waals surface area contributed by atoms with Gasteiger partial charge in [0.1, 0.15) is 16.1 Å². The first kappa shape index (κ1) is 30.5. The molecule has 0 aromatic heterocycles. The molecule has 0 atom stereocenters. The van der Waals surface area contributed by atoms with E-state index in [1.54, 1.807) is 0 Å². The van der Waals surface area contributed by atoms with Crippen molar-refractivity contribution < 1.29 is 5.11 Å². The van der Waals surface area contributed by atoms with E-state index in [-0.39, 0.29) is 6.61 Å². The molecule has 0 amide bonds. The third kappa shape index (κ3) is 12.8. The molecule has 34 heavy (non-hydrogen) atoms. The van der Waals surface area contributed by atoms with Gasteiger partial charge in [-0.05, 0) is 60.6 Å². The van der Waals surface area contributed by atoms with Gasteiger partial charge in [-0.1, -0.05) is 103 Å². The molecule has 1 rings (SSSR count). The zero-order valence-corrected chi connectivity index (χ0v) is 25.5. The molecule has 1 nitrogen and oxygen atoms in total. The Kier molecular flexibility index (Phi) is 13.9. The Morgan fingerprint density at radius 2 is 1.32 bits per heavy atom. The van der Waals surface area contributed by atoms with Crippen LogP contribution in [0.5, 0.6) is 0 Å². The molecular weight excluding hydrogens is 445 g/mol. The zero-order chi connectivity index (χ0) is 25.6. The second kappa shape index (κ2) is 15.5. The largest absolute Gasteiger partial charge is 0.392 e. The summed E-state index contributed by atoms with van der Waals surface area (Å²) in [5, 5.41) is 9.81. The Balaban J connectivity index is 3.61. The molecule has 0 saturated heterocycles. The van der Waals surface area contributed by atoms with Crippen LogP contribution in [0.25, 0.3) is 5.57 Å². The van der Waals surface area contributed by atoms with E-state index in [0.717, 1.165) is 18.4 Å². The highest BCUT2D eigenvalue weighted by molar-refractivity contribution is 6.84. The summed E-state index contributed by atoms with van der Waals surface area (Å²) in [5.41, 5.74) is 13.3. The molecule has 188 valence electrons. The number of allylic oxidation sites excluding steroid dienone is 1. The molecule has 0 unspecified atom stereocenters. The molecule has 1 aromatic carbocycles. The highest BCUT2D eigenvalue weighted by atomic mass is 28.3. The third-order valence-electron chi connectivity index (χ3n) is 5.66. The number of hydrogen-bond donors (Lipinski definition) is 1. The lowest BCUT2D eigenvalue weighted by molar-refractivity contribution is 0.343. The fraction of sp³-hybridized carbons (Fsp3) is 0.613. The van der Waals surface area contributed by atoms with Crippen LogP contribution < -0.4 is 0 Å². The van der Waals surface area contributed by atoms with Crippen LogP contribution in [0.3, 0.4) is 0 Å². The fourth-order valence-electron chi connectivity index (χ4n) is 3.78. The van der Waals surface area contributed by atoms with Crippen LogP contribution >= 0.6 is 0 Å². The van der Waals surface area contributed by atoms with E-state index in [4.69, 9.17) is 0 Å². The van der Waals surface area contributed by atoms with Crippen LogP contribution in [0.2, 0.25) is 39.3 Å². The predicted octanol–water partition coefficient (Wildman–Crippen LogP) is 8.42. The quantitative estimate of drug-likeness (QED) is 0.176. The average Bonchev–Trinajstić information content (AvgIpc) is 2.75. The van der Waals surface area contributed by atoms with Crippen LogP contribution in [0, 0.1) is 22.9 Å². The van der Waals surface area contributed by atoms with E-state index in [1.165, 1.54) is 73.6 Å². The number of unbranched alkanes of at least 4 members (excludes halogenated alkanes) is 6. The molecule has 0 bridgehead atoms. The van der Waals surface area contributed by atoms with Crippen molar-refractivity contribution in [3.05, 3.63) is 40.5 Å². The highest BCUT2D eigenvalue weighted by Gasteiger charge is 2.15. The van der Waals surface area contributed by atoms with Crippen LogP contribution in [0.15, 0.2) is 18.2 Å². The van der Waals surface area contributed by atoms with Crippen molar-refractivity contribution in [1.29, 1.82) is 0 Å². The molecular formula is C31H50OSi2. The van der Waals surface area contributed by atoms with Crippen molar-refractivity contribution >= 4 is 21.7 Å². The summed E-state index contributed by atoms with van der Waals surface area (Å²) in [5.74, 6) is 7.09. The van der Waals surface area contributed by atoms with Crippen LogP contribution in [-0.4, -0.2) is 27.9 Å². The topological polar surface area (TPSA) is 20.2 Å². The van der Waals surface area contributed by atoms with Crippen molar-refractivity contribution in [2.45, 2.75) is 117 Å². The van der Waals surface area contributed by atoms with Gasteiger partial charge in [0.25, 0.3) is 0 Å². The Morgan fingerprint density at radius 3 is 1.82 bits per heavy atom. The molecule has 1 aromatic rings. The van der Waals surface area contributed by atoms with Gasteiger partial charge in [-0.25, -0.2) is 0 Å². The molecule has 0 fully saturated rings. The number of rotatable bonds is 12. The van der Waals surface area contributed by atoms with Gasteiger partial charge in [0.05, 0.1) is 6.61 Å². The van der Waals surface area contributed by atoms with E-state index < -0.39 is 16.1 Å². The first-order valence-electron chi connectivity index (χ1n) is 13.5. The maximum Gasteiger partial charge on any atom is 0.129 e. The van der Waals surface area contributed by atoms with Crippen molar-refractivity contribution in [1.82, 2.24) is 0 Å². The van der Waals surface area contributed by atoms with Gasteiger partial charge in [-0.15, -0.1) is 11.1 Å². The Bertz CT molecular complexity index is 905. The van der Waals surface area contributed by atoms with E-state index >= 15 is 0 Å². The van der Waals surface area contributed by atoms with Crippen molar-refractivity contribution in [2.24, 2.45) is 0 Å². The fourth-order valence-corrected chi connectivity index (χ4v) is 4.80. The Hall–Kier alpha value is -1.53. The lowest BCUT2D eigenvalue weighted by Crippen LogP contribution is -2.16. The minimum absolute atomic E-state index is 0.0218. The van der Waals surface area contributed by atoms with Gasteiger partial charge in [0.15, 0.2) is 0 Å². The maximum atomic E-state index is 9.81. The van der Waals surface area contributed by atoms with Gasteiger partial charge < -0.3 is 5.11 Å². The summed E-state index contributed by atoms with van der Waals surface area (Å²) < 4.78 is 0. The SMILES string of the molecule is CCCCCCc1cc(/C(C#C[Si](C)(C)C)=C\CO)c(CCCCCC)cc1C#C[Si](C)(C)C. The second-order valence-corrected chi connectivity index (χ2v) is 21.1. The zero-order valence-electron chi connectivity index (χ0n) is 23.5. The summed E-state index contributed by atoms with van der Waals surface area (Å²) in [6.07, 6.45) is 14.0. The first-order chi connectivity index (χ1) is 16.0. The molecule has 0 heterocycles. The van der Waals surface area contributed by atoms with Crippen molar-refractivity contribution in [3.63, 3.8) is 0 Å². The smallest absolute Gasteiger partial charge is 0.129 e. The van der Waals surface area contributed by atoms with Crippen molar-refractivity contribution in [3.8, 4) is 22.9 Å². The molecule has 0 spiro atoms. The number of hydrogen-bond acceptors (Lipinski definition) is 1. The maximum absolute atomic E-state index is 9.81. The molecule has 0 radical (unpaired) electrons. The summed E-state index contributed by atoms with van der Waals surface area (Å²) in [6.45, 7) is 18.3. The standard InChI is InChI=1S/C31H50OSi2/c1-9-11-13-15-17-28-26-31(27(19-22-32)20-23-33(3,4)5)30(18-16-14-12-10-2)25-29(28)21-24-34(6,7)8/h19,25-26,32H,9-18,22H2,1-8H3/b27-19-. The third-order valence-corrected chi connectivity index (χ3v) is 7.41. The highest BCUT2D eigenvalue weighted by Crippen LogP contribution is 2.27. The molecule has 1 N–H and O–H groups in total. The summed E-state index contributed by atoms with van der Waals surface area (Å²) in [6, 6.07) is 4.74. The number of benzene rings is 1. The number of aliphatic hydroxyl groups excluding tert-OH is 1. The molecule has 0 aliphatic carbocycles. The number of aliphatic hydroxyl groups is 1. The van der Waals surface area contributed by atoms with Gasteiger partial charge in [0.2, 0.25) is 0 Å². The van der Waals surface area contributed by atoms with Gasteiger partial charge in [-0.2, -0.15) is 0 Å². The summed E-state index contributed by atoms with van der Waals surface area (Å²) >= 11 is 0. The minimum atomic E-state index is -1.53. The normalized spacial score (nSPS) is 12.1. The average molecular weight is 495 g/mol. The molecule has 0 aliphatic heterocycles. The van der Waals surface area contributed by atoms with E-state index in [1.807, 2.05) is 6.08 Å². The monoisotopic (exact) mass is 494 g/mol. The molecule has 0 aliphatic rings. The lowest BCUT2D eigenvalue weighted by atomic mass is 9.89. The second-order valence-electron chi connectivity index (χ2n) is 11.6. The van der Waals surface area contributed by atoms with E-state index in [0.29, 0.717) is 0 Å². The summed E-state index contributed by atoms with van der Waals surface area (Å²) in [7, 11) is -2.99. The molecule has 3 heteroatoms. The minimum Gasteiger partial charge on any atom is -0.392 e. The first-order valence-corrected chi connectivity index (χ1v) is 20.5. The van der Waals surface area contributed by atoms with Gasteiger partial charge in [-0.3, -0.25) is 0 Å². The van der Waals surface area contributed by atoms with Crippen LogP contribution in [-0.2, 0) is 12.8 Å². The van der Waals surface area contributed by atoms with Crippen LogP contribution in [0.4, 0.5) is 0 Å². The summed E-state index contributed by atoms with van der Waals surface area (Å²) in [4.78, 5) is 0. The lowest BCUT2D eigenvalue weighted by Gasteiger charge is -2.16. The van der Waals surface area contributed by atoms with Gasteiger partial charge in [0, 0.05) is 11.1 Å². The molecule has 0 saturated carbocycles. The van der Waals surface area contributed by atoms with E-state index in [2.05, 4.69) is 88.2 Å².